The Hall–Kier alpha value is -1.10. The van der Waals surface area contributed by atoms with Crippen molar-refractivity contribution in [2.45, 2.75) is 19.8 Å². The second kappa shape index (κ2) is 8.23. The van der Waals surface area contributed by atoms with Crippen LogP contribution in [0.25, 0.3) is 0 Å². The predicted molar refractivity (Wildman–Crippen MR) is 57.4 cm³/mol. The fourth-order valence-electron chi connectivity index (χ4n) is 1.00. The zero-order valence-electron chi connectivity index (χ0n) is 9.71. The summed E-state index contributed by atoms with van der Waals surface area (Å²) >= 11 is 0. The lowest BCUT2D eigenvalue weighted by molar-refractivity contribution is -0.131. The zero-order valence-corrected chi connectivity index (χ0v) is 9.71. The topological polar surface area (TPSA) is 58.6 Å². The maximum atomic E-state index is 11.4. The first kappa shape index (κ1) is 13.9. The van der Waals surface area contributed by atoms with Crippen LogP contribution in [0.2, 0.25) is 0 Å². The molecule has 5 nitrogen and oxygen atoms in total. The number of ether oxygens (including phenoxy) is 1. The van der Waals surface area contributed by atoms with Gasteiger partial charge in [-0.25, -0.2) is 0 Å². The minimum Gasteiger partial charge on any atom is -0.385 e. The van der Waals surface area contributed by atoms with Gasteiger partial charge in [0.15, 0.2) is 0 Å². The second-order valence-electron chi connectivity index (χ2n) is 3.29. The first-order valence-corrected chi connectivity index (χ1v) is 5.11. The van der Waals surface area contributed by atoms with Gasteiger partial charge < -0.3 is 15.0 Å². The molecule has 0 rings (SSSR count). The average Bonchev–Trinajstić information content (AvgIpc) is 2.25. The van der Waals surface area contributed by atoms with E-state index in [-0.39, 0.29) is 18.4 Å². The minimum absolute atomic E-state index is 0.0760. The van der Waals surface area contributed by atoms with Gasteiger partial charge in [0.25, 0.3) is 0 Å². The Morgan fingerprint density at radius 2 is 2.07 bits per heavy atom. The molecular weight excluding hydrogens is 196 g/mol. The molecule has 0 aromatic rings. The molecule has 0 bridgehead atoms. The molecule has 2 amide bonds. The van der Waals surface area contributed by atoms with Gasteiger partial charge in [-0.05, 0) is 6.42 Å². The third-order valence-corrected chi connectivity index (χ3v) is 2.03. The molecule has 88 valence electrons. The monoisotopic (exact) mass is 216 g/mol. The molecule has 0 aliphatic carbocycles. The van der Waals surface area contributed by atoms with Crippen molar-refractivity contribution in [2.24, 2.45) is 0 Å². The summed E-state index contributed by atoms with van der Waals surface area (Å²) in [6, 6.07) is 0. The third kappa shape index (κ3) is 6.90. The van der Waals surface area contributed by atoms with E-state index in [1.165, 1.54) is 0 Å². The SMILES string of the molecule is CCC(=O)NCC(=O)N(C)CCCOC. The van der Waals surface area contributed by atoms with E-state index in [1.807, 2.05) is 0 Å². The standard InChI is InChI=1S/C10H20N2O3/c1-4-9(13)11-8-10(14)12(2)6-5-7-15-3/h4-8H2,1-3H3,(H,11,13). The van der Waals surface area contributed by atoms with E-state index in [2.05, 4.69) is 5.32 Å². The van der Waals surface area contributed by atoms with Crippen molar-refractivity contribution in [3.63, 3.8) is 0 Å². The lowest BCUT2D eigenvalue weighted by atomic mass is 10.4. The fourth-order valence-corrected chi connectivity index (χ4v) is 1.00. The van der Waals surface area contributed by atoms with E-state index in [0.717, 1.165) is 6.42 Å². The van der Waals surface area contributed by atoms with Crippen molar-refractivity contribution in [2.75, 3.05) is 33.9 Å². The molecule has 0 saturated heterocycles. The molecule has 0 unspecified atom stereocenters. The first-order chi connectivity index (χ1) is 7.11. The molecule has 0 spiro atoms. The number of amides is 2. The summed E-state index contributed by atoms with van der Waals surface area (Å²) in [5, 5.41) is 2.54. The maximum Gasteiger partial charge on any atom is 0.241 e. The Morgan fingerprint density at radius 3 is 2.60 bits per heavy atom. The molecule has 0 aromatic heterocycles. The summed E-state index contributed by atoms with van der Waals surface area (Å²) in [5.74, 6) is -0.179. The average molecular weight is 216 g/mol. The zero-order chi connectivity index (χ0) is 11.7. The summed E-state index contributed by atoms with van der Waals surface area (Å²) in [5.41, 5.74) is 0. The molecule has 5 heteroatoms. The van der Waals surface area contributed by atoms with Crippen LogP contribution in [0.1, 0.15) is 19.8 Å². The molecular formula is C10H20N2O3. The predicted octanol–water partition coefficient (Wildman–Crippen LogP) is 0.00750. The van der Waals surface area contributed by atoms with Gasteiger partial charge >= 0.3 is 0 Å². The molecule has 1 N–H and O–H groups in total. The van der Waals surface area contributed by atoms with E-state index in [1.54, 1.807) is 26.0 Å². The second-order valence-corrected chi connectivity index (χ2v) is 3.29. The number of methoxy groups -OCH3 is 1. The van der Waals surface area contributed by atoms with Crippen molar-refractivity contribution in [3.8, 4) is 0 Å². The van der Waals surface area contributed by atoms with Crippen LogP contribution in [0.5, 0.6) is 0 Å². The van der Waals surface area contributed by atoms with Crippen molar-refractivity contribution in [3.05, 3.63) is 0 Å². The van der Waals surface area contributed by atoms with Gasteiger partial charge in [0.2, 0.25) is 11.8 Å². The number of hydrogen-bond acceptors (Lipinski definition) is 3. The normalized spacial score (nSPS) is 9.80. The molecule has 0 aliphatic rings. The van der Waals surface area contributed by atoms with Gasteiger partial charge in [-0.3, -0.25) is 9.59 Å². The number of carbonyl (C=O) groups is 2. The Kier molecular flexibility index (Phi) is 7.62. The smallest absolute Gasteiger partial charge is 0.241 e. The Labute approximate surface area is 90.8 Å². The highest BCUT2D eigenvalue weighted by Crippen LogP contribution is 1.89. The summed E-state index contributed by atoms with van der Waals surface area (Å²) < 4.78 is 4.88. The van der Waals surface area contributed by atoms with Crippen molar-refractivity contribution >= 4 is 11.8 Å². The maximum absolute atomic E-state index is 11.4. The highest BCUT2D eigenvalue weighted by atomic mass is 16.5. The molecule has 0 saturated carbocycles. The highest BCUT2D eigenvalue weighted by molar-refractivity contribution is 5.84. The van der Waals surface area contributed by atoms with E-state index >= 15 is 0 Å². The van der Waals surface area contributed by atoms with Crippen LogP contribution in [-0.2, 0) is 14.3 Å². The number of hydrogen-bond donors (Lipinski definition) is 1. The van der Waals surface area contributed by atoms with Gasteiger partial charge in [-0.1, -0.05) is 6.92 Å². The summed E-state index contributed by atoms with van der Waals surface area (Å²) in [4.78, 5) is 23.9. The molecule has 0 atom stereocenters. The highest BCUT2D eigenvalue weighted by Gasteiger charge is 2.08. The number of rotatable bonds is 7. The van der Waals surface area contributed by atoms with Gasteiger partial charge in [-0.2, -0.15) is 0 Å². The van der Waals surface area contributed by atoms with Gasteiger partial charge in [-0.15, -0.1) is 0 Å². The fraction of sp³-hybridized carbons (Fsp3) is 0.800. The minimum atomic E-state index is -0.103. The Morgan fingerprint density at radius 1 is 1.40 bits per heavy atom. The summed E-state index contributed by atoms with van der Waals surface area (Å²) in [7, 11) is 3.35. The van der Waals surface area contributed by atoms with Gasteiger partial charge in [0, 0.05) is 33.7 Å². The van der Waals surface area contributed by atoms with Crippen molar-refractivity contribution in [1.82, 2.24) is 10.2 Å². The number of nitrogens with one attached hydrogen (secondary N) is 1. The number of likely N-dealkylation sites (N-methyl/N-ethyl adjacent to an activating group) is 1. The summed E-state index contributed by atoms with van der Waals surface area (Å²) in [6.45, 7) is 3.12. The molecule has 0 aliphatic heterocycles. The largest absolute Gasteiger partial charge is 0.385 e. The quantitative estimate of drug-likeness (QED) is 0.610. The van der Waals surface area contributed by atoms with Crippen LogP contribution in [-0.4, -0.2) is 50.6 Å². The van der Waals surface area contributed by atoms with Gasteiger partial charge in [0.1, 0.15) is 0 Å². The lowest BCUT2D eigenvalue weighted by Gasteiger charge is -2.16. The van der Waals surface area contributed by atoms with Crippen molar-refractivity contribution in [1.29, 1.82) is 0 Å². The van der Waals surface area contributed by atoms with Crippen molar-refractivity contribution < 1.29 is 14.3 Å². The first-order valence-electron chi connectivity index (χ1n) is 5.11. The van der Waals surface area contributed by atoms with E-state index in [9.17, 15) is 9.59 Å². The third-order valence-electron chi connectivity index (χ3n) is 2.03. The van der Waals surface area contributed by atoms with E-state index in [4.69, 9.17) is 4.74 Å². The van der Waals surface area contributed by atoms with Crippen LogP contribution in [0, 0.1) is 0 Å². The Balaban J connectivity index is 3.64. The molecule has 0 radical (unpaired) electrons. The molecule has 0 heterocycles. The van der Waals surface area contributed by atoms with E-state index in [0.29, 0.717) is 19.6 Å². The molecule has 15 heavy (non-hydrogen) atoms. The van der Waals surface area contributed by atoms with Crippen LogP contribution >= 0.6 is 0 Å². The molecule has 0 aromatic carbocycles. The van der Waals surface area contributed by atoms with Gasteiger partial charge in [0.05, 0.1) is 6.54 Å². The van der Waals surface area contributed by atoms with Crippen LogP contribution < -0.4 is 5.32 Å². The number of carbonyl (C=O) groups excluding carboxylic acids is 2. The Bertz CT molecular complexity index is 207. The van der Waals surface area contributed by atoms with Crippen LogP contribution in [0.4, 0.5) is 0 Å². The van der Waals surface area contributed by atoms with E-state index < -0.39 is 0 Å². The summed E-state index contributed by atoms with van der Waals surface area (Å²) in [6.07, 6.45) is 1.21. The number of nitrogens with zero attached hydrogens (tertiary/aromatic N) is 1. The lowest BCUT2D eigenvalue weighted by Crippen LogP contribution is -2.38. The van der Waals surface area contributed by atoms with Crippen LogP contribution in [0.15, 0.2) is 0 Å². The van der Waals surface area contributed by atoms with Crippen LogP contribution in [0.3, 0.4) is 0 Å². The molecule has 0 fully saturated rings.